The van der Waals surface area contributed by atoms with E-state index in [1.807, 2.05) is 55.2 Å². The molecular weight excluding hydrogens is 525 g/mol. The molecule has 200 valence electrons. The van der Waals surface area contributed by atoms with Crippen molar-refractivity contribution in [3.63, 3.8) is 0 Å². The molecule has 0 radical (unpaired) electrons. The maximum absolute atomic E-state index is 11.9. The maximum Gasteiger partial charge on any atom is 0.348 e. The first-order valence-corrected chi connectivity index (χ1v) is 17.4. The van der Waals surface area contributed by atoms with Crippen molar-refractivity contribution < 1.29 is 14.3 Å². The van der Waals surface area contributed by atoms with Crippen LogP contribution in [0.25, 0.3) is 44.7 Å². The van der Waals surface area contributed by atoms with E-state index in [4.69, 9.17) is 19.4 Å². The first kappa shape index (κ1) is 26.9. The molecule has 4 heterocycles. The highest BCUT2D eigenvalue weighted by Crippen LogP contribution is 2.34. The van der Waals surface area contributed by atoms with Crippen LogP contribution in [0.5, 0.6) is 0 Å². The number of hydrogen-bond acceptors (Lipinski definition) is 7. The van der Waals surface area contributed by atoms with Crippen LogP contribution in [-0.2, 0) is 16.2 Å². The molecule has 0 aliphatic rings. The predicted octanol–water partition coefficient (Wildman–Crippen LogP) is 7.30. The van der Waals surface area contributed by atoms with Gasteiger partial charge in [-0.25, -0.2) is 9.78 Å². The number of aryl methyl sites for hydroxylation is 1. The Bertz CT molecular complexity index is 1640. The van der Waals surface area contributed by atoms with Crippen LogP contribution < -0.4 is 0 Å². The van der Waals surface area contributed by atoms with Crippen molar-refractivity contribution in [2.24, 2.45) is 0 Å². The Balaban J connectivity index is 1.54. The number of hydrogen-bond donors (Lipinski definition) is 0. The first-order chi connectivity index (χ1) is 18.7. The van der Waals surface area contributed by atoms with Gasteiger partial charge in [-0.15, -0.1) is 11.3 Å². The number of esters is 1. The number of methoxy groups -OCH3 is 1. The second kappa shape index (κ2) is 11.2. The van der Waals surface area contributed by atoms with Gasteiger partial charge >= 0.3 is 5.97 Å². The third kappa shape index (κ3) is 6.16. The number of ether oxygens (including phenoxy) is 2. The highest BCUT2D eigenvalue weighted by molar-refractivity contribution is 7.12. The Hall–Kier alpha value is -3.66. The number of fused-ring (bicyclic) bond motifs is 1. The van der Waals surface area contributed by atoms with Crippen LogP contribution >= 0.6 is 11.3 Å². The smallest absolute Gasteiger partial charge is 0.348 e. The van der Waals surface area contributed by atoms with E-state index in [-0.39, 0.29) is 5.97 Å². The summed E-state index contributed by atoms with van der Waals surface area (Å²) in [6.07, 6.45) is 3.67. The van der Waals surface area contributed by atoms with E-state index in [1.165, 1.54) is 18.4 Å². The van der Waals surface area contributed by atoms with Gasteiger partial charge in [-0.05, 0) is 60.3 Å². The van der Waals surface area contributed by atoms with Crippen LogP contribution in [0.2, 0.25) is 25.7 Å². The van der Waals surface area contributed by atoms with Gasteiger partial charge in [0.1, 0.15) is 17.3 Å². The topological polar surface area (TPSA) is 79.1 Å². The first-order valence-electron chi connectivity index (χ1n) is 12.9. The minimum absolute atomic E-state index is 0.333. The molecule has 0 unspecified atom stereocenters. The fraction of sp³-hybridized carbons (Fsp3) is 0.267. The number of rotatable bonds is 9. The van der Waals surface area contributed by atoms with Gasteiger partial charge in [0.05, 0.1) is 30.3 Å². The Morgan fingerprint density at radius 1 is 1.03 bits per heavy atom. The Kier molecular flexibility index (Phi) is 7.74. The van der Waals surface area contributed by atoms with E-state index in [0.717, 1.165) is 63.0 Å². The monoisotopic (exact) mass is 556 g/mol. The van der Waals surface area contributed by atoms with E-state index >= 15 is 0 Å². The van der Waals surface area contributed by atoms with Gasteiger partial charge in [-0.2, -0.15) is 0 Å². The normalized spacial score (nSPS) is 11.7. The Morgan fingerprint density at radius 2 is 1.85 bits per heavy atom. The largest absolute Gasteiger partial charge is 0.465 e. The molecule has 9 heteroatoms. The highest BCUT2D eigenvalue weighted by Gasteiger charge is 2.18. The molecule has 0 spiro atoms. The van der Waals surface area contributed by atoms with Crippen molar-refractivity contribution in [3.05, 3.63) is 77.0 Å². The van der Waals surface area contributed by atoms with Crippen molar-refractivity contribution in [2.75, 3.05) is 13.7 Å². The molecule has 1 aromatic carbocycles. The molecule has 0 bridgehead atoms. The zero-order valence-corrected chi connectivity index (χ0v) is 24.7. The molecule has 39 heavy (non-hydrogen) atoms. The van der Waals surface area contributed by atoms with E-state index in [9.17, 15) is 4.79 Å². The molecule has 0 amide bonds. The lowest BCUT2D eigenvalue weighted by Crippen LogP contribution is -2.22. The summed E-state index contributed by atoms with van der Waals surface area (Å²) in [4.78, 5) is 26.7. The summed E-state index contributed by atoms with van der Waals surface area (Å²) >= 11 is 1.36. The third-order valence-electron chi connectivity index (χ3n) is 6.47. The zero-order chi connectivity index (χ0) is 27.6. The van der Waals surface area contributed by atoms with Crippen molar-refractivity contribution in [2.45, 2.75) is 39.3 Å². The van der Waals surface area contributed by atoms with E-state index in [1.54, 1.807) is 0 Å². The Morgan fingerprint density at radius 3 is 2.62 bits per heavy atom. The molecule has 0 saturated carbocycles. The summed E-state index contributed by atoms with van der Waals surface area (Å²) in [5.41, 5.74) is 7.31. The summed E-state index contributed by atoms with van der Waals surface area (Å²) in [7, 11) is 0.203. The van der Waals surface area contributed by atoms with E-state index in [0.29, 0.717) is 11.6 Å². The molecule has 7 nitrogen and oxygen atoms in total. The van der Waals surface area contributed by atoms with Crippen molar-refractivity contribution in [1.82, 2.24) is 19.5 Å². The van der Waals surface area contributed by atoms with Gasteiger partial charge in [-0.1, -0.05) is 31.8 Å². The second-order valence-electron chi connectivity index (χ2n) is 10.7. The molecule has 0 aliphatic carbocycles. The minimum atomic E-state index is -1.19. The molecule has 0 saturated heterocycles. The fourth-order valence-electron chi connectivity index (χ4n) is 4.32. The molecular formula is C30H32N4O3SSi. The molecule has 5 rings (SSSR count). The zero-order valence-electron chi connectivity index (χ0n) is 22.9. The van der Waals surface area contributed by atoms with Gasteiger partial charge in [0, 0.05) is 43.1 Å². The lowest BCUT2D eigenvalue weighted by atomic mass is 10.0. The molecule has 0 N–H and O–H groups in total. The van der Waals surface area contributed by atoms with Crippen LogP contribution in [0.3, 0.4) is 0 Å². The molecule has 0 aliphatic heterocycles. The number of benzene rings is 1. The van der Waals surface area contributed by atoms with Crippen LogP contribution in [0.15, 0.2) is 66.4 Å². The minimum Gasteiger partial charge on any atom is -0.465 e. The maximum atomic E-state index is 11.9. The van der Waals surface area contributed by atoms with Crippen LogP contribution in [0.1, 0.15) is 15.4 Å². The van der Waals surface area contributed by atoms with Crippen LogP contribution in [0.4, 0.5) is 0 Å². The number of thiophene rings is 1. The summed E-state index contributed by atoms with van der Waals surface area (Å²) in [5.74, 6) is -0.333. The fourth-order valence-corrected chi connectivity index (χ4v) is 5.91. The molecule has 5 aromatic rings. The predicted molar refractivity (Wildman–Crippen MR) is 160 cm³/mol. The summed E-state index contributed by atoms with van der Waals surface area (Å²) in [6, 6.07) is 17.3. The third-order valence-corrected chi connectivity index (χ3v) is 9.08. The van der Waals surface area contributed by atoms with Crippen LogP contribution in [0, 0.1) is 6.92 Å². The lowest BCUT2D eigenvalue weighted by Gasteiger charge is -2.16. The van der Waals surface area contributed by atoms with Gasteiger partial charge in [0.15, 0.2) is 0 Å². The summed E-state index contributed by atoms with van der Waals surface area (Å²) < 4.78 is 13.0. The average Bonchev–Trinajstić information content (AvgIpc) is 3.57. The summed E-state index contributed by atoms with van der Waals surface area (Å²) in [5, 5.41) is 2.94. The average molecular weight is 557 g/mol. The van der Waals surface area contributed by atoms with Crippen molar-refractivity contribution in [1.29, 1.82) is 0 Å². The number of carbonyl (C=O) groups is 1. The number of pyridine rings is 2. The summed E-state index contributed by atoms with van der Waals surface area (Å²) in [6.45, 7) is 10.2. The highest BCUT2D eigenvalue weighted by atomic mass is 32.1. The number of imidazole rings is 1. The number of aromatic nitrogens is 4. The Labute approximate surface area is 233 Å². The van der Waals surface area contributed by atoms with E-state index < -0.39 is 8.07 Å². The van der Waals surface area contributed by atoms with Crippen molar-refractivity contribution in [3.8, 4) is 33.8 Å². The SMILES string of the molecule is COC(=O)c1cc(-c2cnc3ccc(-c4c(-c5cccc(C)n5)ncn4COCC[Si](C)(C)C)cc3c2)cs1. The molecule has 0 atom stereocenters. The standard InChI is InChI=1S/C30H32N4O3SSi/c1-20-7-6-8-26(33-20)28-29(34(18-32-28)19-37-11-12-39(3,4)5)21-9-10-25-22(13-21)14-23(16-31-25)24-15-27(38-17-24)30(35)36-2/h6-10,13-18H,11-12,19H2,1-5H3. The van der Waals surface area contributed by atoms with Gasteiger partial charge in [0.2, 0.25) is 0 Å². The van der Waals surface area contributed by atoms with Gasteiger partial charge in [-0.3, -0.25) is 9.97 Å². The lowest BCUT2D eigenvalue weighted by molar-refractivity contribution is 0.0606. The van der Waals surface area contributed by atoms with Crippen molar-refractivity contribution >= 4 is 36.3 Å². The number of carbonyl (C=O) groups excluding carboxylic acids is 1. The molecule has 4 aromatic heterocycles. The number of nitrogens with zero attached hydrogens (tertiary/aromatic N) is 4. The van der Waals surface area contributed by atoms with Crippen LogP contribution in [-0.4, -0.2) is 47.3 Å². The quantitative estimate of drug-likeness (QED) is 0.108. The van der Waals surface area contributed by atoms with Gasteiger partial charge in [0.25, 0.3) is 0 Å². The van der Waals surface area contributed by atoms with E-state index in [2.05, 4.69) is 47.4 Å². The molecule has 0 fully saturated rings. The second-order valence-corrected chi connectivity index (χ2v) is 17.3. The van der Waals surface area contributed by atoms with Gasteiger partial charge < -0.3 is 14.0 Å².